The maximum Gasteiger partial charge on any atom is 0.305 e. The van der Waals surface area contributed by atoms with E-state index in [0.29, 0.717) is 11.6 Å². The Morgan fingerprint density at radius 3 is 1.92 bits per heavy atom. The van der Waals surface area contributed by atoms with Crippen LogP contribution in [0.2, 0.25) is 5.28 Å². The first-order valence-electron chi connectivity index (χ1n) is 12.2. The van der Waals surface area contributed by atoms with Gasteiger partial charge in [-0.1, -0.05) is 0 Å². The molecule has 0 radical (unpaired) electrons. The van der Waals surface area contributed by atoms with Crippen molar-refractivity contribution in [2.24, 2.45) is 5.73 Å². The number of hydrogen-bond donors (Lipinski definition) is 3. The summed E-state index contributed by atoms with van der Waals surface area (Å²) in [4.78, 5) is 29.2. The molecule has 2 aromatic heterocycles. The molecule has 4 rings (SSSR count). The molecule has 4 heterocycles. The van der Waals surface area contributed by atoms with E-state index in [1.54, 1.807) is 12.4 Å². The Balaban J connectivity index is 0.000000208. The molecule has 0 amide bonds. The summed E-state index contributed by atoms with van der Waals surface area (Å²) in [6.07, 6.45) is 7.51. The number of rotatable bonds is 9. The molecular weight excluding hydrogens is 504 g/mol. The third-order valence-corrected chi connectivity index (χ3v) is 5.50. The largest absolute Gasteiger partial charge is 0.396 e. The smallest absolute Gasteiger partial charge is 0.305 e. The molecule has 0 unspecified atom stereocenters. The SMILES string of the molecule is NCCCN1CCOCC1.Nc1cnc(NCCCN2CCOCC2)nc1.O=[N+]([O-])c1cnc(Cl)nc1. The van der Waals surface area contributed by atoms with E-state index in [9.17, 15) is 10.1 Å². The second kappa shape index (κ2) is 18.5. The van der Waals surface area contributed by atoms with E-state index in [2.05, 4.69) is 35.1 Å². The van der Waals surface area contributed by atoms with Crippen molar-refractivity contribution < 1.29 is 14.4 Å². The standard InChI is InChI=1S/C11H19N5O.C7H16N2O.C4H2ClN3O2/c12-10-8-14-11(15-9-10)13-2-1-3-16-4-6-17-7-5-16;8-2-1-3-9-4-6-10-7-5-9;5-4-6-1-3(2-7-4)8(9)10/h8-9H,1-7,12H2,(H,13,14,15);1-8H2;1-2H. The first kappa shape index (κ1) is 30.5. The van der Waals surface area contributed by atoms with Crippen molar-refractivity contribution in [1.82, 2.24) is 29.7 Å². The molecule has 2 aromatic rings. The number of nitrogens with one attached hydrogen (secondary N) is 1. The van der Waals surface area contributed by atoms with E-state index in [-0.39, 0.29) is 11.0 Å². The van der Waals surface area contributed by atoms with Crippen LogP contribution < -0.4 is 16.8 Å². The number of ether oxygens (including phenoxy) is 2. The van der Waals surface area contributed by atoms with Crippen LogP contribution in [0.25, 0.3) is 0 Å². The third-order valence-electron chi connectivity index (χ3n) is 5.31. The number of nitrogen functional groups attached to an aromatic ring is 1. The highest BCUT2D eigenvalue weighted by Crippen LogP contribution is 2.07. The third kappa shape index (κ3) is 13.9. The zero-order valence-corrected chi connectivity index (χ0v) is 21.8. The van der Waals surface area contributed by atoms with E-state index < -0.39 is 4.92 Å². The molecule has 0 aliphatic carbocycles. The summed E-state index contributed by atoms with van der Waals surface area (Å²) < 4.78 is 10.5. The van der Waals surface area contributed by atoms with Crippen LogP contribution in [0.1, 0.15) is 12.8 Å². The van der Waals surface area contributed by atoms with Gasteiger partial charge in [-0.2, -0.15) is 0 Å². The lowest BCUT2D eigenvalue weighted by Gasteiger charge is -2.26. The van der Waals surface area contributed by atoms with Crippen LogP contribution in [-0.4, -0.2) is 113 Å². The number of nitro groups is 1. The van der Waals surface area contributed by atoms with E-state index in [0.717, 1.165) is 104 Å². The van der Waals surface area contributed by atoms with Gasteiger partial charge in [-0.3, -0.25) is 19.9 Å². The van der Waals surface area contributed by atoms with Crippen LogP contribution in [0.15, 0.2) is 24.8 Å². The van der Waals surface area contributed by atoms with E-state index >= 15 is 0 Å². The normalized spacial score (nSPS) is 16.1. The highest BCUT2D eigenvalue weighted by molar-refractivity contribution is 6.28. The summed E-state index contributed by atoms with van der Waals surface area (Å²) in [7, 11) is 0. The highest BCUT2D eigenvalue weighted by Gasteiger charge is 2.09. The van der Waals surface area contributed by atoms with Gasteiger partial charge in [0.25, 0.3) is 0 Å². The fourth-order valence-electron chi connectivity index (χ4n) is 3.30. The van der Waals surface area contributed by atoms with Gasteiger partial charge in [-0.15, -0.1) is 0 Å². The first-order valence-corrected chi connectivity index (χ1v) is 12.6. The zero-order valence-electron chi connectivity index (χ0n) is 21.0. The monoisotopic (exact) mass is 540 g/mol. The fraction of sp³-hybridized carbons (Fsp3) is 0.636. The summed E-state index contributed by atoms with van der Waals surface area (Å²) in [5.41, 5.74) is 11.3. The average molecular weight is 541 g/mol. The van der Waals surface area contributed by atoms with Crippen molar-refractivity contribution in [2.75, 3.05) is 89.8 Å². The lowest BCUT2D eigenvalue weighted by atomic mass is 10.3. The van der Waals surface area contributed by atoms with Crippen LogP contribution in [0.4, 0.5) is 17.3 Å². The summed E-state index contributed by atoms with van der Waals surface area (Å²) in [5.74, 6) is 0.640. The Morgan fingerprint density at radius 1 is 0.919 bits per heavy atom. The van der Waals surface area contributed by atoms with Gasteiger partial charge in [-0.25, -0.2) is 19.9 Å². The molecule has 2 saturated heterocycles. The molecule has 2 aliphatic heterocycles. The number of nitrogens with two attached hydrogens (primary N) is 2. The van der Waals surface area contributed by atoms with Crippen molar-refractivity contribution in [3.8, 4) is 0 Å². The molecule has 15 heteroatoms. The minimum absolute atomic E-state index is 0.00519. The second-order valence-electron chi connectivity index (χ2n) is 8.14. The summed E-state index contributed by atoms with van der Waals surface area (Å²) >= 11 is 5.27. The lowest BCUT2D eigenvalue weighted by Crippen LogP contribution is -2.37. The maximum absolute atomic E-state index is 9.99. The predicted octanol–water partition coefficient (Wildman–Crippen LogP) is 0.899. The Labute approximate surface area is 221 Å². The van der Waals surface area contributed by atoms with Gasteiger partial charge >= 0.3 is 5.69 Å². The molecular formula is C22H37ClN10O4. The van der Waals surface area contributed by atoms with Gasteiger partial charge < -0.3 is 26.3 Å². The molecule has 37 heavy (non-hydrogen) atoms. The zero-order chi connectivity index (χ0) is 26.7. The quantitative estimate of drug-likeness (QED) is 0.176. The van der Waals surface area contributed by atoms with Crippen molar-refractivity contribution in [3.05, 3.63) is 40.2 Å². The molecule has 2 aliphatic rings. The summed E-state index contributed by atoms with van der Waals surface area (Å²) in [5, 5.41) is 13.2. The topological polar surface area (TPSA) is 184 Å². The molecule has 2 fully saturated rings. The number of halogens is 1. The number of hydrogen-bond acceptors (Lipinski definition) is 13. The molecule has 0 spiro atoms. The van der Waals surface area contributed by atoms with Gasteiger partial charge in [0, 0.05) is 32.7 Å². The predicted molar refractivity (Wildman–Crippen MR) is 141 cm³/mol. The fourth-order valence-corrected chi connectivity index (χ4v) is 3.39. The summed E-state index contributed by atoms with van der Waals surface area (Å²) in [6.45, 7) is 11.7. The second-order valence-corrected chi connectivity index (χ2v) is 8.48. The van der Waals surface area contributed by atoms with Gasteiger partial charge in [0.15, 0.2) is 0 Å². The molecule has 0 bridgehead atoms. The van der Waals surface area contributed by atoms with Crippen LogP contribution in [0, 0.1) is 10.1 Å². The van der Waals surface area contributed by atoms with Crippen LogP contribution in [-0.2, 0) is 9.47 Å². The molecule has 5 N–H and O–H groups in total. The molecule has 14 nitrogen and oxygen atoms in total. The van der Waals surface area contributed by atoms with Gasteiger partial charge in [0.05, 0.1) is 49.4 Å². The van der Waals surface area contributed by atoms with Gasteiger partial charge in [0.1, 0.15) is 12.4 Å². The first-order chi connectivity index (χ1) is 18.0. The highest BCUT2D eigenvalue weighted by atomic mass is 35.5. The Morgan fingerprint density at radius 2 is 1.43 bits per heavy atom. The Hall–Kier alpha value is -2.75. The van der Waals surface area contributed by atoms with Crippen molar-refractivity contribution >= 4 is 28.9 Å². The number of nitrogens with zero attached hydrogens (tertiary/aromatic N) is 7. The minimum atomic E-state index is -0.587. The van der Waals surface area contributed by atoms with Gasteiger partial charge in [-0.05, 0) is 44.1 Å². The number of aromatic nitrogens is 4. The van der Waals surface area contributed by atoms with Gasteiger partial charge in [0.2, 0.25) is 11.2 Å². The molecule has 0 aromatic carbocycles. The van der Waals surface area contributed by atoms with Crippen LogP contribution >= 0.6 is 11.6 Å². The number of anilines is 2. The summed E-state index contributed by atoms with van der Waals surface area (Å²) in [6, 6.07) is 0. The van der Waals surface area contributed by atoms with E-state index in [4.69, 9.17) is 32.5 Å². The molecule has 206 valence electrons. The van der Waals surface area contributed by atoms with Crippen LogP contribution in [0.5, 0.6) is 0 Å². The Bertz CT molecular complexity index is 867. The maximum atomic E-state index is 9.99. The number of morpholine rings is 2. The van der Waals surface area contributed by atoms with E-state index in [1.165, 1.54) is 0 Å². The van der Waals surface area contributed by atoms with Crippen molar-refractivity contribution in [3.63, 3.8) is 0 Å². The van der Waals surface area contributed by atoms with E-state index in [1.807, 2.05) is 0 Å². The lowest BCUT2D eigenvalue weighted by molar-refractivity contribution is -0.385. The van der Waals surface area contributed by atoms with Crippen molar-refractivity contribution in [1.29, 1.82) is 0 Å². The Kier molecular flexibility index (Phi) is 15.2. The van der Waals surface area contributed by atoms with Crippen molar-refractivity contribution in [2.45, 2.75) is 12.8 Å². The minimum Gasteiger partial charge on any atom is -0.396 e. The average Bonchev–Trinajstić information content (AvgIpc) is 2.93. The van der Waals surface area contributed by atoms with Crippen LogP contribution in [0.3, 0.4) is 0 Å². The molecule has 0 atom stereocenters. The molecule has 0 saturated carbocycles.